The highest BCUT2D eigenvalue weighted by Crippen LogP contribution is 2.35. The van der Waals surface area contributed by atoms with E-state index in [1.54, 1.807) is 32.4 Å². The van der Waals surface area contributed by atoms with E-state index in [-0.39, 0.29) is 11.2 Å². The van der Waals surface area contributed by atoms with E-state index < -0.39 is 0 Å². The summed E-state index contributed by atoms with van der Waals surface area (Å²) < 4.78 is 10.7. The minimum atomic E-state index is -0.352. The first kappa shape index (κ1) is 23.4. The fourth-order valence-electron chi connectivity index (χ4n) is 3.61. The molecule has 1 aromatic heterocycles. The maximum absolute atomic E-state index is 13.2. The Morgan fingerprint density at radius 2 is 1.65 bits per heavy atom. The van der Waals surface area contributed by atoms with Gasteiger partial charge in [-0.25, -0.2) is 4.98 Å². The Morgan fingerprint density at radius 3 is 2.26 bits per heavy atom. The molecule has 1 heterocycles. The molecule has 3 aromatic carbocycles. The van der Waals surface area contributed by atoms with Gasteiger partial charge in [-0.05, 0) is 18.6 Å². The largest absolute Gasteiger partial charge is 0.497 e. The smallest absolute Gasteiger partial charge is 0.238 e. The first-order chi connectivity index (χ1) is 16.6. The number of methoxy groups -OCH3 is 2. The zero-order valence-electron chi connectivity index (χ0n) is 19.4. The number of thioether (sulfide) groups is 1. The summed E-state index contributed by atoms with van der Waals surface area (Å²) in [6.07, 6.45) is 0.630. The number of aromatic nitrogens is 2. The molecule has 0 aliphatic rings. The molecule has 1 atom stereocenters. The molecule has 174 valence electrons. The molecule has 6 nitrogen and oxygen atoms in total. The molecule has 0 spiro atoms. The van der Waals surface area contributed by atoms with Crippen molar-refractivity contribution in [3.8, 4) is 34.0 Å². The van der Waals surface area contributed by atoms with Crippen molar-refractivity contribution >= 4 is 23.4 Å². The van der Waals surface area contributed by atoms with Crippen LogP contribution in [0.15, 0.2) is 84.0 Å². The van der Waals surface area contributed by atoms with Crippen molar-refractivity contribution in [1.82, 2.24) is 9.97 Å². The molecule has 7 heteroatoms. The minimum absolute atomic E-state index is 0.127. The number of carbonyl (C=O) groups is 1. The lowest BCUT2D eigenvalue weighted by Gasteiger charge is -2.16. The average molecular weight is 474 g/mol. The Bertz CT molecular complexity index is 1190. The number of hydrogen-bond acceptors (Lipinski definition) is 5. The number of imidazole rings is 1. The number of rotatable bonds is 9. The average Bonchev–Trinajstić information content (AvgIpc) is 3.32. The number of H-pyrrole nitrogens is 1. The normalized spacial score (nSPS) is 11.6. The lowest BCUT2D eigenvalue weighted by molar-refractivity contribution is -0.115. The summed E-state index contributed by atoms with van der Waals surface area (Å²) in [7, 11) is 3.16. The van der Waals surface area contributed by atoms with Crippen LogP contribution in [-0.2, 0) is 4.79 Å². The van der Waals surface area contributed by atoms with Crippen molar-refractivity contribution in [3.63, 3.8) is 0 Å². The summed E-state index contributed by atoms with van der Waals surface area (Å²) in [5.41, 5.74) is 4.42. The Kier molecular flexibility index (Phi) is 7.54. The van der Waals surface area contributed by atoms with Gasteiger partial charge in [0.2, 0.25) is 5.91 Å². The maximum atomic E-state index is 13.2. The van der Waals surface area contributed by atoms with E-state index in [2.05, 4.69) is 10.3 Å². The lowest BCUT2D eigenvalue weighted by Crippen LogP contribution is -2.25. The van der Waals surface area contributed by atoms with Gasteiger partial charge in [-0.1, -0.05) is 79.3 Å². The molecule has 1 amide bonds. The molecule has 0 bridgehead atoms. The van der Waals surface area contributed by atoms with Crippen LogP contribution in [0.25, 0.3) is 22.5 Å². The third kappa shape index (κ3) is 5.26. The number of carbonyl (C=O) groups excluding carboxylic acids is 1. The van der Waals surface area contributed by atoms with E-state index in [1.165, 1.54) is 11.8 Å². The van der Waals surface area contributed by atoms with E-state index in [0.717, 1.165) is 22.5 Å². The Morgan fingerprint density at radius 1 is 0.971 bits per heavy atom. The molecular formula is C27H27N3O3S. The van der Waals surface area contributed by atoms with E-state index >= 15 is 0 Å². The molecule has 34 heavy (non-hydrogen) atoms. The summed E-state index contributed by atoms with van der Waals surface area (Å²) >= 11 is 1.41. The van der Waals surface area contributed by atoms with Crippen molar-refractivity contribution in [3.05, 3.63) is 78.9 Å². The van der Waals surface area contributed by atoms with Gasteiger partial charge in [0.1, 0.15) is 11.5 Å². The quantitative estimate of drug-likeness (QED) is 0.280. The third-order valence-corrected chi connectivity index (χ3v) is 6.62. The first-order valence-electron chi connectivity index (χ1n) is 11.0. The van der Waals surface area contributed by atoms with E-state index in [1.807, 2.05) is 67.6 Å². The monoisotopic (exact) mass is 473 g/mol. The standard InChI is InChI=1S/C27H27N3O3S/c1-4-23(26(31)28-21-17-20(32-2)15-16-22(21)33-3)34-27-29-24(18-11-7-5-8-12-18)25(30-27)19-13-9-6-10-14-19/h5-17,23H,4H2,1-3H3,(H,28,31)(H,29,30). The second-order valence-corrected chi connectivity index (χ2v) is 8.76. The Hall–Kier alpha value is -3.71. The summed E-state index contributed by atoms with van der Waals surface area (Å²) in [5.74, 6) is 1.09. The van der Waals surface area contributed by atoms with Gasteiger partial charge in [-0.15, -0.1) is 0 Å². The van der Waals surface area contributed by atoms with Gasteiger partial charge in [0, 0.05) is 17.2 Å². The number of hydrogen-bond donors (Lipinski definition) is 2. The van der Waals surface area contributed by atoms with Crippen molar-refractivity contribution in [2.45, 2.75) is 23.8 Å². The van der Waals surface area contributed by atoms with E-state index in [0.29, 0.717) is 28.8 Å². The minimum Gasteiger partial charge on any atom is -0.497 e. The fraction of sp³-hybridized carbons (Fsp3) is 0.185. The Balaban J connectivity index is 1.61. The summed E-state index contributed by atoms with van der Waals surface area (Å²) in [6.45, 7) is 1.99. The molecular weight excluding hydrogens is 446 g/mol. The van der Waals surface area contributed by atoms with Crippen LogP contribution < -0.4 is 14.8 Å². The summed E-state index contributed by atoms with van der Waals surface area (Å²) in [5, 5.41) is 3.33. The van der Waals surface area contributed by atoms with Crippen LogP contribution >= 0.6 is 11.8 Å². The lowest BCUT2D eigenvalue weighted by atomic mass is 10.1. The zero-order valence-corrected chi connectivity index (χ0v) is 20.2. The SMILES string of the molecule is CCC(Sc1nc(-c2ccccc2)c(-c2ccccc2)[nH]1)C(=O)Nc1cc(OC)ccc1OC. The van der Waals surface area contributed by atoms with Crippen LogP contribution in [0.1, 0.15) is 13.3 Å². The van der Waals surface area contributed by atoms with Gasteiger partial charge in [0.05, 0.1) is 36.5 Å². The topological polar surface area (TPSA) is 76.2 Å². The predicted octanol–water partition coefficient (Wildman–Crippen LogP) is 6.27. The van der Waals surface area contributed by atoms with Crippen LogP contribution in [0.2, 0.25) is 0 Å². The van der Waals surface area contributed by atoms with E-state index in [9.17, 15) is 4.79 Å². The molecule has 0 radical (unpaired) electrons. The Labute approximate surface area is 203 Å². The molecule has 2 N–H and O–H groups in total. The molecule has 0 saturated heterocycles. The zero-order chi connectivity index (χ0) is 23.9. The second-order valence-electron chi connectivity index (χ2n) is 7.57. The van der Waals surface area contributed by atoms with Gasteiger partial charge < -0.3 is 19.8 Å². The summed E-state index contributed by atoms with van der Waals surface area (Å²) in [6, 6.07) is 25.5. The third-order valence-electron chi connectivity index (χ3n) is 5.37. The number of aromatic amines is 1. The van der Waals surface area contributed by atoms with Crippen LogP contribution in [0.3, 0.4) is 0 Å². The molecule has 0 saturated carbocycles. The number of nitrogens with zero attached hydrogens (tertiary/aromatic N) is 1. The number of anilines is 1. The first-order valence-corrected chi connectivity index (χ1v) is 11.9. The van der Waals surface area contributed by atoms with E-state index in [4.69, 9.17) is 14.5 Å². The predicted molar refractivity (Wildman–Crippen MR) is 138 cm³/mol. The second kappa shape index (κ2) is 10.9. The molecule has 1 unspecified atom stereocenters. The molecule has 4 rings (SSSR count). The highest BCUT2D eigenvalue weighted by molar-refractivity contribution is 8.00. The van der Waals surface area contributed by atoms with Crippen molar-refractivity contribution in [2.24, 2.45) is 0 Å². The van der Waals surface area contributed by atoms with Gasteiger partial charge in [-0.2, -0.15) is 0 Å². The number of benzene rings is 3. The van der Waals surface area contributed by atoms with Crippen molar-refractivity contribution in [1.29, 1.82) is 0 Å². The number of ether oxygens (including phenoxy) is 2. The van der Waals surface area contributed by atoms with Crippen molar-refractivity contribution in [2.75, 3.05) is 19.5 Å². The van der Waals surface area contributed by atoms with Gasteiger partial charge in [-0.3, -0.25) is 4.79 Å². The fourth-order valence-corrected chi connectivity index (χ4v) is 4.52. The van der Waals surface area contributed by atoms with Gasteiger partial charge in [0.15, 0.2) is 5.16 Å². The van der Waals surface area contributed by atoms with Crippen LogP contribution in [0.5, 0.6) is 11.5 Å². The summed E-state index contributed by atoms with van der Waals surface area (Å²) in [4.78, 5) is 21.5. The molecule has 4 aromatic rings. The number of amides is 1. The highest BCUT2D eigenvalue weighted by Gasteiger charge is 2.23. The maximum Gasteiger partial charge on any atom is 0.238 e. The van der Waals surface area contributed by atoms with Crippen LogP contribution in [0.4, 0.5) is 5.69 Å². The van der Waals surface area contributed by atoms with Crippen molar-refractivity contribution < 1.29 is 14.3 Å². The molecule has 0 aliphatic heterocycles. The van der Waals surface area contributed by atoms with Gasteiger partial charge >= 0.3 is 0 Å². The van der Waals surface area contributed by atoms with Crippen LogP contribution in [-0.4, -0.2) is 35.3 Å². The number of nitrogens with one attached hydrogen (secondary N) is 2. The van der Waals surface area contributed by atoms with Crippen LogP contribution in [0, 0.1) is 0 Å². The molecule has 0 aliphatic carbocycles. The highest BCUT2D eigenvalue weighted by atomic mass is 32.2. The molecule has 0 fully saturated rings. The van der Waals surface area contributed by atoms with Gasteiger partial charge in [0.25, 0.3) is 0 Å².